The number of imidazole rings is 1. The molecule has 0 aliphatic heterocycles. The molecule has 4 heteroatoms. The largest absolute Gasteiger partial charge is 0.342 e. The molecule has 0 radical (unpaired) electrons. The van der Waals surface area contributed by atoms with Gasteiger partial charge in [0, 0.05) is 5.92 Å². The van der Waals surface area contributed by atoms with Crippen LogP contribution in [0.4, 0.5) is 8.78 Å². The van der Waals surface area contributed by atoms with Crippen LogP contribution in [0.15, 0.2) is 36.4 Å². The third-order valence-electron chi connectivity index (χ3n) is 4.00. The van der Waals surface area contributed by atoms with Crippen molar-refractivity contribution in [2.24, 2.45) is 0 Å². The second-order valence-electron chi connectivity index (χ2n) is 5.25. The average molecular weight is 270 g/mol. The van der Waals surface area contributed by atoms with Crippen LogP contribution in [0.5, 0.6) is 0 Å². The molecule has 2 nitrogen and oxygen atoms in total. The lowest BCUT2D eigenvalue weighted by atomic mass is 10.1. The molecule has 4 rings (SSSR count). The van der Waals surface area contributed by atoms with Crippen LogP contribution in [0.25, 0.3) is 11.0 Å². The van der Waals surface area contributed by atoms with E-state index in [9.17, 15) is 8.78 Å². The number of aromatic nitrogens is 2. The zero-order valence-electron chi connectivity index (χ0n) is 10.7. The highest BCUT2D eigenvalue weighted by atomic mass is 19.2. The molecule has 0 amide bonds. The van der Waals surface area contributed by atoms with Crippen molar-refractivity contribution < 1.29 is 8.78 Å². The van der Waals surface area contributed by atoms with Crippen LogP contribution in [0.2, 0.25) is 0 Å². The fourth-order valence-electron chi connectivity index (χ4n) is 2.98. The maximum atomic E-state index is 13.7. The van der Waals surface area contributed by atoms with Crippen LogP contribution in [-0.2, 0) is 12.8 Å². The molecule has 0 saturated carbocycles. The molecule has 3 aromatic rings. The monoisotopic (exact) mass is 270 g/mol. The van der Waals surface area contributed by atoms with Gasteiger partial charge in [0.25, 0.3) is 0 Å². The third-order valence-corrected chi connectivity index (χ3v) is 4.00. The van der Waals surface area contributed by atoms with Crippen LogP contribution in [0.3, 0.4) is 0 Å². The summed E-state index contributed by atoms with van der Waals surface area (Å²) in [5.41, 5.74) is 3.26. The van der Waals surface area contributed by atoms with Crippen LogP contribution in [-0.4, -0.2) is 9.97 Å². The quantitative estimate of drug-likeness (QED) is 0.717. The smallest absolute Gasteiger partial charge is 0.186 e. The van der Waals surface area contributed by atoms with E-state index in [-0.39, 0.29) is 11.4 Å². The van der Waals surface area contributed by atoms with E-state index in [0.717, 1.165) is 24.7 Å². The second-order valence-corrected chi connectivity index (χ2v) is 5.25. The molecule has 0 atom stereocenters. The van der Waals surface area contributed by atoms with Gasteiger partial charge < -0.3 is 4.98 Å². The number of benzene rings is 2. The Hall–Kier alpha value is -2.23. The van der Waals surface area contributed by atoms with Gasteiger partial charge in [0.1, 0.15) is 11.3 Å². The highest BCUT2D eigenvalue weighted by Crippen LogP contribution is 2.33. The van der Waals surface area contributed by atoms with E-state index in [1.54, 1.807) is 0 Å². The molecule has 0 saturated heterocycles. The number of nitrogens with zero attached hydrogens (tertiary/aromatic N) is 1. The molecular formula is C16H12F2N2. The summed E-state index contributed by atoms with van der Waals surface area (Å²) in [6, 6.07) is 10.9. The Balaban J connectivity index is 1.76. The molecule has 1 aliphatic carbocycles. The highest BCUT2D eigenvalue weighted by molar-refractivity contribution is 5.76. The molecule has 100 valence electrons. The number of aromatic amines is 1. The number of hydrogen-bond donors (Lipinski definition) is 1. The first-order chi connectivity index (χ1) is 9.72. The van der Waals surface area contributed by atoms with E-state index in [1.807, 2.05) is 12.1 Å². The minimum absolute atomic E-state index is 0.0935. The molecule has 1 aliphatic rings. The van der Waals surface area contributed by atoms with Crippen molar-refractivity contribution in [1.82, 2.24) is 9.97 Å². The van der Waals surface area contributed by atoms with Crippen molar-refractivity contribution in [2.75, 3.05) is 0 Å². The van der Waals surface area contributed by atoms with Gasteiger partial charge in [0.2, 0.25) is 0 Å². The molecule has 1 heterocycles. The molecule has 1 N–H and O–H groups in total. The molecule has 0 fully saturated rings. The number of nitrogens with one attached hydrogen (secondary N) is 1. The highest BCUT2D eigenvalue weighted by Gasteiger charge is 2.25. The van der Waals surface area contributed by atoms with E-state index >= 15 is 0 Å². The van der Waals surface area contributed by atoms with Gasteiger partial charge in [0.05, 0.1) is 5.52 Å². The van der Waals surface area contributed by atoms with Gasteiger partial charge in [-0.05, 0) is 36.1 Å². The van der Waals surface area contributed by atoms with Gasteiger partial charge in [-0.1, -0.05) is 24.3 Å². The summed E-state index contributed by atoms with van der Waals surface area (Å²) in [4.78, 5) is 7.39. The van der Waals surface area contributed by atoms with Gasteiger partial charge in [-0.15, -0.1) is 0 Å². The third kappa shape index (κ3) is 1.64. The average Bonchev–Trinajstić information content (AvgIpc) is 3.06. The van der Waals surface area contributed by atoms with Crippen molar-refractivity contribution in [3.63, 3.8) is 0 Å². The minimum atomic E-state index is -0.875. The van der Waals surface area contributed by atoms with Crippen molar-refractivity contribution in [3.05, 3.63) is 65.0 Å². The SMILES string of the molecule is Fc1ccc2[nH]c(C3Cc4ccccc4C3)nc2c1F. The minimum Gasteiger partial charge on any atom is -0.342 e. The Bertz CT molecular complexity index is 782. The Morgan fingerprint density at radius 2 is 1.70 bits per heavy atom. The zero-order valence-corrected chi connectivity index (χ0v) is 10.7. The van der Waals surface area contributed by atoms with Gasteiger partial charge >= 0.3 is 0 Å². The molecule has 0 unspecified atom stereocenters. The van der Waals surface area contributed by atoms with E-state index < -0.39 is 11.6 Å². The van der Waals surface area contributed by atoms with E-state index in [2.05, 4.69) is 22.1 Å². The second kappa shape index (κ2) is 4.13. The predicted octanol–water partition coefficient (Wildman–Crippen LogP) is 3.72. The first-order valence-corrected chi connectivity index (χ1v) is 6.63. The molecule has 0 spiro atoms. The van der Waals surface area contributed by atoms with Crippen LogP contribution in [0, 0.1) is 11.6 Å². The Labute approximate surface area is 114 Å². The molecule has 1 aromatic heterocycles. The number of halogens is 2. The zero-order chi connectivity index (χ0) is 13.7. The lowest BCUT2D eigenvalue weighted by Crippen LogP contribution is -2.00. The summed E-state index contributed by atoms with van der Waals surface area (Å²) in [5, 5.41) is 0. The molecular weight excluding hydrogens is 258 g/mol. The topological polar surface area (TPSA) is 28.7 Å². The number of hydrogen-bond acceptors (Lipinski definition) is 1. The first-order valence-electron chi connectivity index (χ1n) is 6.63. The van der Waals surface area contributed by atoms with Gasteiger partial charge in [-0.3, -0.25) is 0 Å². The number of H-pyrrole nitrogens is 1. The van der Waals surface area contributed by atoms with Crippen molar-refractivity contribution in [3.8, 4) is 0 Å². The molecule has 2 aromatic carbocycles. The van der Waals surface area contributed by atoms with Crippen molar-refractivity contribution >= 4 is 11.0 Å². The van der Waals surface area contributed by atoms with E-state index in [0.29, 0.717) is 5.52 Å². The van der Waals surface area contributed by atoms with E-state index in [4.69, 9.17) is 0 Å². The Morgan fingerprint density at radius 1 is 1.00 bits per heavy atom. The van der Waals surface area contributed by atoms with Crippen molar-refractivity contribution in [2.45, 2.75) is 18.8 Å². The fourth-order valence-corrected chi connectivity index (χ4v) is 2.98. The van der Waals surface area contributed by atoms with Crippen LogP contribution in [0.1, 0.15) is 22.9 Å². The standard InChI is InChI=1S/C16H12F2N2/c17-12-5-6-13-15(14(12)18)20-16(19-13)11-7-9-3-1-2-4-10(9)8-11/h1-6,11H,7-8H2,(H,19,20). The fraction of sp³-hybridized carbons (Fsp3) is 0.188. The van der Waals surface area contributed by atoms with Gasteiger partial charge in [0.15, 0.2) is 11.6 Å². The van der Waals surface area contributed by atoms with Crippen LogP contribution < -0.4 is 0 Å². The summed E-state index contributed by atoms with van der Waals surface area (Å²) in [6.45, 7) is 0. The summed E-state index contributed by atoms with van der Waals surface area (Å²) in [6.07, 6.45) is 1.78. The predicted molar refractivity (Wildman–Crippen MR) is 72.6 cm³/mol. The first kappa shape index (κ1) is 11.6. The van der Waals surface area contributed by atoms with Crippen molar-refractivity contribution in [1.29, 1.82) is 0 Å². The summed E-state index contributed by atoms with van der Waals surface area (Å²) in [7, 11) is 0. The number of rotatable bonds is 1. The lowest BCUT2D eigenvalue weighted by molar-refractivity contribution is 0.515. The Morgan fingerprint density at radius 3 is 2.40 bits per heavy atom. The maximum Gasteiger partial charge on any atom is 0.186 e. The molecule has 20 heavy (non-hydrogen) atoms. The van der Waals surface area contributed by atoms with Gasteiger partial charge in [-0.25, -0.2) is 13.8 Å². The molecule has 0 bridgehead atoms. The summed E-state index contributed by atoms with van der Waals surface area (Å²) >= 11 is 0. The Kier molecular flexibility index (Phi) is 2.39. The van der Waals surface area contributed by atoms with Gasteiger partial charge in [-0.2, -0.15) is 0 Å². The summed E-state index contributed by atoms with van der Waals surface area (Å²) in [5.74, 6) is -0.784. The van der Waals surface area contributed by atoms with Crippen LogP contribution >= 0.6 is 0 Å². The lowest BCUT2D eigenvalue weighted by Gasteiger charge is -2.03. The summed E-state index contributed by atoms with van der Waals surface area (Å²) < 4.78 is 26.9. The normalized spacial score (nSPS) is 14.9. The maximum absolute atomic E-state index is 13.7. The number of fused-ring (bicyclic) bond motifs is 2. The van der Waals surface area contributed by atoms with E-state index in [1.165, 1.54) is 17.2 Å².